The average Bonchev–Trinajstić information content (AvgIpc) is 2.39. The number of carboxylic acid groups (broad SMARTS) is 1. The van der Waals surface area contributed by atoms with Crippen LogP contribution in [0.5, 0.6) is 0 Å². The van der Waals surface area contributed by atoms with Crippen LogP contribution in [0.3, 0.4) is 0 Å². The van der Waals surface area contributed by atoms with Crippen molar-refractivity contribution in [3.63, 3.8) is 0 Å². The highest BCUT2D eigenvalue weighted by Crippen LogP contribution is 2.15. The summed E-state index contributed by atoms with van der Waals surface area (Å²) < 4.78 is 25.3. The van der Waals surface area contributed by atoms with Gasteiger partial charge in [0.1, 0.15) is 6.04 Å². The summed E-state index contributed by atoms with van der Waals surface area (Å²) in [7, 11) is -3.97. The Morgan fingerprint density at radius 2 is 2.05 bits per heavy atom. The summed E-state index contributed by atoms with van der Waals surface area (Å²) in [5.41, 5.74) is 0. The van der Waals surface area contributed by atoms with Crippen LogP contribution in [0.15, 0.2) is 23.6 Å². The van der Waals surface area contributed by atoms with Gasteiger partial charge in [0.15, 0.2) is 0 Å². The molecule has 1 aliphatic heterocycles. The lowest BCUT2D eigenvalue weighted by Gasteiger charge is -2.31. The normalized spacial score (nSPS) is 20.5. The number of nitrogens with zero attached hydrogens (tertiary/aromatic N) is 3. The lowest BCUT2D eigenvalue weighted by Crippen LogP contribution is -2.57. The van der Waals surface area contributed by atoms with E-state index in [1.165, 1.54) is 18.5 Å². The van der Waals surface area contributed by atoms with Crippen LogP contribution in [0.2, 0.25) is 0 Å². The molecule has 2 rings (SSSR count). The summed E-state index contributed by atoms with van der Waals surface area (Å²) in [5.74, 6) is -1.19. The van der Waals surface area contributed by atoms with Crippen molar-refractivity contribution in [1.29, 1.82) is 0 Å². The second-order valence-electron chi connectivity index (χ2n) is 3.71. The molecule has 19 heavy (non-hydrogen) atoms. The number of aromatic nitrogens is 2. The fraction of sp³-hybridized carbons (Fsp3) is 0.444. The standard InChI is InChI=1S/C9H12N4O4S.ClH/c14-8(15)7-6-10-4-5-13(7)18(16,17)9-11-2-1-3-12-9;/h1-3,7,10H,4-6H2,(H,14,15);1H. The number of rotatable bonds is 3. The molecular formula is C9H13ClN4O4S. The maximum Gasteiger partial charge on any atom is 0.323 e. The molecule has 10 heteroatoms. The maximum atomic E-state index is 12.2. The summed E-state index contributed by atoms with van der Waals surface area (Å²) in [6.45, 7) is 0.550. The van der Waals surface area contributed by atoms with E-state index in [9.17, 15) is 13.2 Å². The van der Waals surface area contributed by atoms with E-state index in [0.717, 1.165) is 4.31 Å². The molecule has 0 spiro atoms. The Kier molecular flexibility index (Phi) is 5.18. The smallest absolute Gasteiger partial charge is 0.323 e. The number of sulfonamides is 1. The van der Waals surface area contributed by atoms with Crippen LogP contribution < -0.4 is 5.32 Å². The maximum absolute atomic E-state index is 12.2. The topological polar surface area (TPSA) is 112 Å². The van der Waals surface area contributed by atoms with Crippen molar-refractivity contribution in [3.05, 3.63) is 18.5 Å². The first-order valence-electron chi connectivity index (χ1n) is 5.26. The van der Waals surface area contributed by atoms with Gasteiger partial charge in [0, 0.05) is 32.0 Å². The quantitative estimate of drug-likeness (QED) is 0.685. The molecule has 1 aliphatic rings. The molecule has 0 amide bonds. The molecule has 0 aliphatic carbocycles. The molecule has 0 radical (unpaired) electrons. The summed E-state index contributed by atoms with van der Waals surface area (Å²) in [5, 5.41) is 11.5. The van der Waals surface area contributed by atoms with Crippen LogP contribution in [0.4, 0.5) is 0 Å². The Balaban J connectivity index is 0.00000180. The van der Waals surface area contributed by atoms with E-state index in [1.54, 1.807) is 0 Å². The predicted octanol–water partition coefficient (Wildman–Crippen LogP) is -1.05. The second kappa shape index (κ2) is 6.24. The molecule has 106 valence electrons. The Hall–Kier alpha value is -1.29. The number of carbonyl (C=O) groups is 1. The number of carboxylic acids is 1. The van der Waals surface area contributed by atoms with Gasteiger partial charge in [0.25, 0.3) is 15.2 Å². The molecule has 0 aromatic carbocycles. The molecule has 1 aromatic rings. The number of halogens is 1. The molecule has 8 nitrogen and oxygen atoms in total. The number of hydrogen-bond donors (Lipinski definition) is 2. The van der Waals surface area contributed by atoms with E-state index in [-0.39, 0.29) is 30.7 Å². The SMILES string of the molecule is Cl.O=C(O)C1CNCCN1S(=O)(=O)c1ncccn1. The minimum atomic E-state index is -3.97. The first-order valence-corrected chi connectivity index (χ1v) is 6.70. The van der Waals surface area contributed by atoms with E-state index < -0.39 is 22.0 Å². The van der Waals surface area contributed by atoms with Crippen molar-refractivity contribution >= 4 is 28.4 Å². The molecule has 2 heterocycles. The Bertz CT molecular complexity index is 538. The fourth-order valence-electron chi connectivity index (χ4n) is 1.71. The van der Waals surface area contributed by atoms with Gasteiger partial charge in [-0.15, -0.1) is 12.4 Å². The molecule has 2 N–H and O–H groups in total. The lowest BCUT2D eigenvalue weighted by molar-refractivity contribution is -0.141. The third-order valence-corrected chi connectivity index (χ3v) is 4.29. The third kappa shape index (κ3) is 3.18. The zero-order chi connectivity index (χ0) is 13.2. The predicted molar refractivity (Wildman–Crippen MR) is 67.5 cm³/mol. The van der Waals surface area contributed by atoms with Gasteiger partial charge in [-0.3, -0.25) is 4.79 Å². The Labute approximate surface area is 116 Å². The van der Waals surface area contributed by atoms with Crippen molar-refractivity contribution in [1.82, 2.24) is 19.6 Å². The van der Waals surface area contributed by atoms with Crippen LogP contribution in [-0.2, 0) is 14.8 Å². The van der Waals surface area contributed by atoms with Crippen molar-refractivity contribution in [3.8, 4) is 0 Å². The van der Waals surface area contributed by atoms with E-state index in [2.05, 4.69) is 15.3 Å². The minimum Gasteiger partial charge on any atom is -0.480 e. The highest BCUT2D eigenvalue weighted by Gasteiger charge is 2.38. The Morgan fingerprint density at radius 3 is 2.63 bits per heavy atom. The molecule has 0 saturated carbocycles. The Morgan fingerprint density at radius 1 is 1.42 bits per heavy atom. The van der Waals surface area contributed by atoms with Gasteiger partial charge in [-0.25, -0.2) is 18.4 Å². The van der Waals surface area contributed by atoms with Crippen molar-refractivity contribution in [2.75, 3.05) is 19.6 Å². The van der Waals surface area contributed by atoms with Gasteiger partial charge >= 0.3 is 5.97 Å². The third-order valence-electron chi connectivity index (χ3n) is 2.56. The van der Waals surface area contributed by atoms with Crippen molar-refractivity contribution < 1.29 is 18.3 Å². The molecule has 1 saturated heterocycles. The molecule has 1 fully saturated rings. The van der Waals surface area contributed by atoms with Gasteiger partial charge < -0.3 is 10.4 Å². The van der Waals surface area contributed by atoms with Gasteiger partial charge in [-0.05, 0) is 6.07 Å². The van der Waals surface area contributed by atoms with Crippen LogP contribution in [-0.4, -0.2) is 59.4 Å². The summed E-state index contributed by atoms with van der Waals surface area (Å²) in [6, 6.07) is 0.360. The number of piperazine rings is 1. The summed E-state index contributed by atoms with van der Waals surface area (Å²) in [6.07, 6.45) is 2.61. The molecule has 1 atom stereocenters. The van der Waals surface area contributed by atoms with Crippen LogP contribution >= 0.6 is 12.4 Å². The second-order valence-corrected chi connectivity index (χ2v) is 5.49. The first kappa shape index (κ1) is 15.8. The van der Waals surface area contributed by atoms with Gasteiger partial charge in [-0.1, -0.05) is 0 Å². The number of nitrogens with one attached hydrogen (secondary N) is 1. The van der Waals surface area contributed by atoms with E-state index in [0.29, 0.717) is 6.54 Å². The highest BCUT2D eigenvalue weighted by atomic mass is 35.5. The van der Waals surface area contributed by atoms with E-state index in [1.807, 2.05) is 0 Å². The van der Waals surface area contributed by atoms with E-state index in [4.69, 9.17) is 5.11 Å². The fourth-order valence-corrected chi connectivity index (χ4v) is 3.14. The van der Waals surface area contributed by atoms with E-state index >= 15 is 0 Å². The zero-order valence-electron chi connectivity index (χ0n) is 9.76. The van der Waals surface area contributed by atoms with Gasteiger partial charge in [-0.2, -0.15) is 4.31 Å². The van der Waals surface area contributed by atoms with Crippen molar-refractivity contribution in [2.24, 2.45) is 0 Å². The first-order chi connectivity index (χ1) is 8.53. The van der Waals surface area contributed by atoms with Gasteiger partial charge in [0.2, 0.25) is 0 Å². The zero-order valence-corrected chi connectivity index (χ0v) is 11.4. The number of hydrogen-bond acceptors (Lipinski definition) is 6. The average molecular weight is 309 g/mol. The minimum absolute atomic E-state index is 0. The van der Waals surface area contributed by atoms with Gasteiger partial charge in [0.05, 0.1) is 0 Å². The summed E-state index contributed by atoms with van der Waals surface area (Å²) in [4.78, 5) is 18.4. The molecule has 1 unspecified atom stereocenters. The highest BCUT2D eigenvalue weighted by molar-refractivity contribution is 7.89. The molecular weight excluding hydrogens is 296 g/mol. The van der Waals surface area contributed by atoms with Crippen molar-refractivity contribution in [2.45, 2.75) is 11.2 Å². The molecule has 0 bridgehead atoms. The number of aliphatic carboxylic acids is 1. The van der Waals surface area contributed by atoms with Crippen LogP contribution in [0, 0.1) is 0 Å². The lowest BCUT2D eigenvalue weighted by atomic mass is 10.2. The monoisotopic (exact) mass is 308 g/mol. The molecule has 1 aromatic heterocycles. The van der Waals surface area contributed by atoms with Crippen LogP contribution in [0.25, 0.3) is 0 Å². The summed E-state index contributed by atoms with van der Waals surface area (Å²) >= 11 is 0. The van der Waals surface area contributed by atoms with Crippen LogP contribution in [0.1, 0.15) is 0 Å². The largest absolute Gasteiger partial charge is 0.480 e.